The maximum Gasteiger partial charge on any atom is 0.311 e. The lowest BCUT2D eigenvalue weighted by atomic mass is 9.82. The largest absolute Gasteiger partial charge is 0.481 e. The molecular weight excluding hydrogens is 220 g/mol. The number of carbonyl (C=O) groups excluding carboxylic acids is 1. The van der Waals surface area contributed by atoms with Gasteiger partial charge in [0.15, 0.2) is 0 Å². The molecule has 0 spiro atoms. The molecule has 0 radical (unpaired) electrons. The highest BCUT2D eigenvalue weighted by molar-refractivity contribution is 5.83. The number of carboxylic acid groups (broad SMARTS) is 1. The second kappa shape index (κ2) is 4.64. The van der Waals surface area contributed by atoms with Crippen molar-refractivity contribution in [2.24, 2.45) is 5.41 Å². The molecule has 2 saturated heterocycles. The van der Waals surface area contributed by atoms with Crippen molar-refractivity contribution in [3.63, 3.8) is 0 Å². The van der Waals surface area contributed by atoms with E-state index in [0.29, 0.717) is 19.5 Å². The van der Waals surface area contributed by atoms with Crippen molar-refractivity contribution in [2.75, 3.05) is 19.6 Å². The Balaban J connectivity index is 2.01. The number of amides is 1. The number of nitrogens with one attached hydrogen (secondary N) is 1. The van der Waals surface area contributed by atoms with Crippen molar-refractivity contribution in [1.29, 1.82) is 0 Å². The summed E-state index contributed by atoms with van der Waals surface area (Å²) in [4.78, 5) is 25.1. The number of rotatable bonds is 2. The van der Waals surface area contributed by atoms with Crippen LogP contribution in [0.4, 0.5) is 0 Å². The van der Waals surface area contributed by atoms with Crippen molar-refractivity contribution in [3.8, 4) is 0 Å². The minimum absolute atomic E-state index is 0.0784. The predicted molar refractivity (Wildman–Crippen MR) is 62.6 cm³/mol. The van der Waals surface area contributed by atoms with Gasteiger partial charge in [-0.2, -0.15) is 0 Å². The van der Waals surface area contributed by atoms with Gasteiger partial charge in [0.25, 0.3) is 0 Å². The van der Waals surface area contributed by atoms with Crippen LogP contribution in [0.3, 0.4) is 0 Å². The molecule has 2 atom stereocenters. The van der Waals surface area contributed by atoms with Crippen LogP contribution < -0.4 is 5.32 Å². The molecule has 96 valence electrons. The Kier molecular flexibility index (Phi) is 3.38. The number of carbonyl (C=O) groups is 2. The highest BCUT2D eigenvalue weighted by atomic mass is 16.4. The lowest BCUT2D eigenvalue weighted by Crippen LogP contribution is -2.52. The van der Waals surface area contributed by atoms with Crippen LogP contribution in [0.15, 0.2) is 0 Å². The lowest BCUT2D eigenvalue weighted by molar-refractivity contribution is -0.153. The molecule has 1 unspecified atom stereocenters. The third-order valence-corrected chi connectivity index (χ3v) is 3.88. The van der Waals surface area contributed by atoms with Crippen molar-refractivity contribution in [3.05, 3.63) is 0 Å². The Morgan fingerprint density at radius 3 is 2.76 bits per heavy atom. The summed E-state index contributed by atoms with van der Waals surface area (Å²) in [5, 5.41) is 12.4. The number of hydrogen-bond acceptors (Lipinski definition) is 3. The van der Waals surface area contributed by atoms with Crippen LogP contribution in [-0.2, 0) is 9.59 Å². The predicted octanol–water partition coefficient (Wildman–Crippen LogP) is 0.452. The van der Waals surface area contributed by atoms with Crippen LogP contribution in [0.1, 0.15) is 32.6 Å². The van der Waals surface area contributed by atoms with Gasteiger partial charge in [-0.15, -0.1) is 0 Å². The zero-order valence-electron chi connectivity index (χ0n) is 10.2. The number of piperidine rings is 1. The molecule has 17 heavy (non-hydrogen) atoms. The Hall–Kier alpha value is -1.10. The van der Waals surface area contributed by atoms with Crippen LogP contribution >= 0.6 is 0 Å². The average Bonchev–Trinajstić information content (AvgIpc) is 2.81. The van der Waals surface area contributed by atoms with Gasteiger partial charge in [-0.25, -0.2) is 0 Å². The van der Waals surface area contributed by atoms with Crippen LogP contribution in [0.5, 0.6) is 0 Å². The van der Waals surface area contributed by atoms with Gasteiger partial charge >= 0.3 is 5.97 Å². The Morgan fingerprint density at radius 2 is 2.18 bits per heavy atom. The summed E-state index contributed by atoms with van der Waals surface area (Å²) in [6, 6.07) is -0.0915. The molecule has 2 aliphatic rings. The third kappa shape index (κ3) is 2.44. The van der Waals surface area contributed by atoms with Gasteiger partial charge in [-0.1, -0.05) is 0 Å². The van der Waals surface area contributed by atoms with Crippen LogP contribution in [0.25, 0.3) is 0 Å². The first-order valence-corrected chi connectivity index (χ1v) is 6.28. The van der Waals surface area contributed by atoms with Crippen LogP contribution in [0.2, 0.25) is 0 Å². The summed E-state index contributed by atoms with van der Waals surface area (Å²) >= 11 is 0. The third-order valence-electron chi connectivity index (χ3n) is 3.88. The summed E-state index contributed by atoms with van der Waals surface area (Å²) in [5.74, 6) is -0.718. The van der Waals surface area contributed by atoms with Gasteiger partial charge in [-0.3, -0.25) is 9.59 Å². The molecular formula is C12H20N2O3. The fourth-order valence-corrected chi connectivity index (χ4v) is 2.72. The fourth-order valence-electron chi connectivity index (χ4n) is 2.72. The number of hydrogen-bond donors (Lipinski definition) is 2. The van der Waals surface area contributed by atoms with E-state index < -0.39 is 11.4 Å². The number of aliphatic carboxylic acids is 1. The molecule has 1 amide bonds. The summed E-state index contributed by atoms with van der Waals surface area (Å²) in [6.07, 6.45) is 3.34. The Morgan fingerprint density at radius 1 is 1.41 bits per heavy atom. The van der Waals surface area contributed by atoms with Crippen LogP contribution in [-0.4, -0.2) is 47.6 Å². The zero-order chi connectivity index (χ0) is 12.5. The van der Waals surface area contributed by atoms with E-state index >= 15 is 0 Å². The highest BCUT2D eigenvalue weighted by Gasteiger charge is 2.40. The monoisotopic (exact) mass is 240 g/mol. The lowest BCUT2D eigenvalue weighted by Gasteiger charge is -2.38. The molecule has 2 fully saturated rings. The fraction of sp³-hybridized carbons (Fsp3) is 0.833. The summed E-state index contributed by atoms with van der Waals surface area (Å²) in [6.45, 7) is 3.66. The van der Waals surface area contributed by atoms with E-state index in [4.69, 9.17) is 0 Å². The molecule has 0 aromatic rings. The van der Waals surface area contributed by atoms with E-state index in [2.05, 4.69) is 5.32 Å². The van der Waals surface area contributed by atoms with Gasteiger partial charge in [0.2, 0.25) is 5.91 Å². The van der Waals surface area contributed by atoms with Gasteiger partial charge < -0.3 is 15.3 Å². The van der Waals surface area contributed by atoms with E-state index in [-0.39, 0.29) is 11.9 Å². The Labute approximate surface area is 101 Å². The quantitative estimate of drug-likeness (QED) is 0.735. The van der Waals surface area contributed by atoms with Crippen molar-refractivity contribution >= 4 is 11.9 Å². The molecule has 2 heterocycles. The van der Waals surface area contributed by atoms with E-state index in [0.717, 1.165) is 25.8 Å². The standard InChI is InChI=1S/C12H20N2O3/c1-12(11(16)17)5-3-7-14(8-12)10(15)9-4-2-6-13-9/h9,13H,2-8H2,1H3,(H,16,17)/t9-,12?/m1/s1. The smallest absolute Gasteiger partial charge is 0.311 e. The van der Waals surface area contributed by atoms with E-state index in [1.807, 2.05) is 0 Å². The summed E-state index contributed by atoms with van der Waals surface area (Å²) in [7, 11) is 0. The minimum Gasteiger partial charge on any atom is -0.481 e. The summed E-state index contributed by atoms with van der Waals surface area (Å²) < 4.78 is 0. The van der Waals surface area contributed by atoms with Crippen molar-refractivity contribution in [2.45, 2.75) is 38.6 Å². The topological polar surface area (TPSA) is 69.6 Å². The molecule has 5 nitrogen and oxygen atoms in total. The van der Waals surface area contributed by atoms with Crippen molar-refractivity contribution < 1.29 is 14.7 Å². The molecule has 0 saturated carbocycles. The Bertz CT molecular complexity index is 326. The number of nitrogens with zero attached hydrogens (tertiary/aromatic N) is 1. The minimum atomic E-state index is -0.797. The molecule has 0 aromatic carbocycles. The van der Waals surface area contributed by atoms with Gasteiger partial charge in [0.05, 0.1) is 11.5 Å². The van der Waals surface area contributed by atoms with Gasteiger partial charge in [0.1, 0.15) is 0 Å². The maximum atomic E-state index is 12.2. The highest BCUT2D eigenvalue weighted by Crippen LogP contribution is 2.30. The zero-order valence-corrected chi connectivity index (χ0v) is 10.2. The van der Waals surface area contributed by atoms with Crippen LogP contribution in [0, 0.1) is 5.41 Å². The van der Waals surface area contributed by atoms with Crippen molar-refractivity contribution in [1.82, 2.24) is 10.2 Å². The van der Waals surface area contributed by atoms with E-state index in [1.54, 1.807) is 11.8 Å². The first-order chi connectivity index (χ1) is 8.03. The molecule has 2 N–H and O–H groups in total. The molecule has 0 bridgehead atoms. The van der Waals surface area contributed by atoms with Gasteiger partial charge in [-0.05, 0) is 39.2 Å². The molecule has 0 aromatic heterocycles. The number of likely N-dealkylation sites (tertiary alicyclic amines) is 1. The maximum absolute atomic E-state index is 12.2. The average molecular weight is 240 g/mol. The SMILES string of the molecule is CC1(C(=O)O)CCCN(C(=O)[C@H]2CCCN2)C1. The summed E-state index contributed by atoms with van der Waals surface area (Å²) in [5.41, 5.74) is -0.771. The molecule has 0 aliphatic carbocycles. The first kappa shape index (κ1) is 12.4. The molecule has 2 rings (SSSR count). The normalized spacial score (nSPS) is 33.7. The number of carboxylic acids is 1. The van der Waals surface area contributed by atoms with E-state index in [9.17, 15) is 14.7 Å². The second-order valence-electron chi connectivity index (χ2n) is 5.38. The first-order valence-electron chi connectivity index (χ1n) is 6.28. The molecule has 2 aliphatic heterocycles. The second-order valence-corrected chi connectivity index (χ2v) is 5.38. The molecule has 5 heteroatoms. The van der Waals surface area contributed by atoms with Gasteiger partial charge in [0, 0.05) is 13.1 Å². The van der Waals surface area contributed by atoms with E-state index in [1.165, 1.54) is 0 Å².